The molecule has 0 atom stereocenters. The molecule has 2 rings (SSSR count). The van der Waals surface area contributed by atoms with Crippen LogP contribution in [0.1, 0.15) is 24.0 Å². The molecule has 1 aromatic heterocycles. The van der Waals surface area contributed by atoms with Gasteiger partial charge < -0.3 is 19.2 Å². The minimum Gasteiger partial charge on any atom is -0.491 e. The third-order valence-corrected chi connectivity index (χ3v) is 3.12. The first-order valence-electron chi connectivity index (χ1n) is 7.34. The number of nitrogens with one attached hydrogen (secondary N) is 1. The van der Waals surface area contributed by atoms with Crippen molar-refractivity contribution in [3.05, 3.63) is 53.5 Å². The van der Waals surface area contributed by atoms with E-state index in [0.717, 1.165) is 35.9 Å². The molecule has 0 fully saturated rings. The van der Waals surface area contributed by atoms with Crippen molar-refractivity contribution < 1.29 is 13.9 Å². The molecule has 4 nitrogen and oxygen atoms in total. The lowest BCUT2D eigenvalue weighted by Crippen LogP contribution is -2.10. The monoisotopic (exact) mass is 289 g/mol. The molecule has 0 bridgehead atoms. The lowest BCUT2D eigenvalue weighted by Gasteiger charge is -2.06. The van der Waals surface area contributed by atoms with E-state index in [4.69, 9.17) is 13.9 Å². The summed E-state index contributed by atoms with van der Waals surface area (Å²) < 4.78 is 16.9. The average molecular weight is 289 g/mol. The number of rotatable bonds is 9. The van der Waals surface area contributed by atoms with Crippen LogP contribution in [0.4, 0.5) is 0 Å². The van der Waals surface area contributed by atoms with Crippen LogP contribution in [-0.4, -0.2) is 19.8 Å². The summed E-state index contributed by atoms with van der Waals surface area (Å²) in [6.07, 6.45) is 0. The van der Waals surface area contributed by atoms with Gasteiger partial charge in [-0.3, -0.25) is 0 Å². The van der Waals surface area contributed by atoms with Crippen molar-refractivity contribution >= 4 is 0 Å². The fourth-order valence-corrected chi connectivity index (χ4v) is 1.98. The molecule has 0 saturated heterocycles. The Bertz CT molecular complexity index is 522. The summed E-state index contributed by atoms with van der Waals surface area (Å²) in [7, 11) is 0. The molecule has 0 spiro atoms. The van der Waals surface area contributed by atoms with Crippen LogP contribution < -0.4 is 10.1 Å². The van der Waals surface area contributed by atoms with Crippen LogP contribution >= 0.6 is 0 Å². The Balaban J connectivity index is 1.67. The average Bonchev–Trinajstić information content (AvgIpc) is 2.86. The van der Waals surface area contributed by atoms with Crippen molar-refractivity contribution in [2.24, 2.45) is 0 Å². The zero-order valence-electron chi connectivity index (χ0n) is 12.7. The molecule has 0 saturated carbocycles. The second-order valence-corrected chi connectivity index (χ2v) is 4.79. The number of hydrogen-bond acceptors (Lipinski definition) is 4. The van der Waals surface area contributed by atoms with Gasteiger partial charge in [-0.25, -0.2) is 0 Å². The topological polar surface area (TPSA) is 43.6 Å². The molecule has 4 heteroatoms. The molecule has 1 N–H and O–H groups in total. The van der Waals surface area contributed by atoms with Gasteiger partial charge in [0.05, 0.1) is 19.8 Å². The van der Waals surface area contributed by atoms with E-state index < -0.39 is 0 Å². The summed E-state index contributed by atoms with van der Waals surface area (Å²) in [5.74, 6) is 2.74. The Morgan fingerprint density at radius 1 is 1.14 bits per heavy atom. The van der Waals surface area contributed by atoms with Crippen molar-refractivity contribution in [2.45, 2.75) is 27.0 Å². The molecule has 0 aliphatic rings. The molecular formula is C17H23NO3. The number of ether oxygens (including phenoxy) is 2. The normalized spacial score (nSPS) is 10.8. The fourth-order valence-electron chi connectivity index (χ4n) is 1.98. The highest BCUT2D eigenvalue weighted by molar-refractivity contribution is 5.21. The first kappa shape index (κ1) is 15.6. The maximum atomic E-state index is 5.67. The van der Waals surface area contributed by atoms with Gasteiger partial charge in [-0.05, 0) is 31.7 Å². The van der Waals surface area contributed by atoms with E-state index in [-0.39, 0.29) is 0 Å². The first-order chi connectivity index (χ1) is 10.3. The first-order valence-corrected chi connectivity index (χ1v) is 7.34. The fraction of sp³-hybridized carbons (Fsp3) is 0.412. The molecule has 114 valence electrons. The summed E-state index contributed by atoms with van der Waals surface area (Å²) >= 11 is 0. The molecule has 0 radical (unpaired) electrons. The second-order valence-electron chi connectivity index (χ2n) is 4.79. The molecular weight excluding hydrogens is 266 g/mol. The predicted octanol–water partition coefficient (Wildman–Crippen LogP) is 3.29. The zero-order valence-corrected chi connectivity index (χ0v) is 12.7. The summed E-state index contributed by atoms with van der Waals surface area (Å²) in [4.78, 5) is 0. The van der Waals surface area contributed by atoms with E-state index in [1.807, 2.05) is 37.3 Å². The van der Waals surface area contributed by atoms with Gasteiger partial charge in [-0.2, -0.15) is 0 Å². The van der Waals surface area contributed by atoms with Crippen molar-refractivity contribution in [1.29, 1.82) is 0 Å². The quantitative estimate of drug-likeness (QED) is 0.719. The molecule has 1 heterocycles. The maximum Gasteiger partial charge on any atom is 0.119 e. The standard InChI is InChI=1S/C17H23NO3/c1-3-18-12-17-11-15(14(2)21-17)13-19-9-10-20-16-7-5-4-6-8-16/h4-8,11,18H,3,9-10,12-13H2,1-2H3. The largest absolute Gasteiger partial charge is 0.491 e. The number of benzene rings is 1. The number of aryl methyl sites for hydroxylation is 1. The van der Waals surface area contributed by atoms with Crippen LogP contribution in [0.25, 0.3) is 0 Å². The SMILES string of the molecule is CCNCc1cc(COCCOc2ccccc2)c(C)o1. The highest BCUT2D eigenvalue weighted by Crippen LogP contribution is 2.15. The van der Waals surface area contributed by atoms with Crippen LogP contribution in [0.2, 0.25) is 0 Å². The Morgan fingerprint density at radius 2 is 1.95 bits per heavy atom. The summed E-state index contributed by atoms with van der Waals surface area (Å²) in [5.41, 5.74) is 1.10. The highest BCUT2D eigenvalue weighted by atomic mass is 16.5. The molecule has 0 unspecified atom stereocenters. The Hall–Kier alpha value is -1.78. The van der Waals surface area contributed by atoms with Gasteiger partial charge in [0.1, 0.15) is 23.9 Å². The second kappa shape index (κ2) is 8.49. The number of furan rings is 1. The Labute approximate surface area is 126 Å². The van der Waals surface area contributed by atoms with Gasteiger partial charge in [0.15, 0.2) is 0 Å². The van der Waals surface area contributed by atoms with Crippen molar-refractivity contribution in [1.82, 2.24) is 5.32 Å². The third-order valence-electron chi connectivity index (χ3n) is 3.12. The van der Waals surface area contributed by atoms with E-state index in [9.17, 15) is 0 Å². The van der Waals surface area contributed by atoms with Gasteiger partial charge in [0, 0.05) is 5.56 Å². The maximum absolute atomic E-state index is 5.67. The highest BCUT2D eigenvalue weighted by Gasteiger charge is 2.07. The molecule has 0 aliphatic heterocycles. The van der Waals surface area contributed by atoms with Crippen LogP contribution in [0.3, 0.4) is 0 Å². The van der Waals surface area contributed by atoms with E-state index in [1.54, 1.807) is 0 Å². The minimum absolute atomic E-state index is 0.547. The van der Waals surface area contributed by atoms with E-state index in [1.165, 1.54) is 0 Å². The van der Waals surface area contributed by atoms with Gasteiger partial charge in [-0.15, -0.1) is 0 Å². The smallest absolute Gasteiger partial charge is 0.119 e. The third kappa shape index (κ3) is 5.25. The van der Waals surface area contributed by atoms with Gasteiger partial charge in [0.25, 0.3) is 0 Å². The Morgan fingerprint density at radius 3 is 2.71 bits per heavy atom. The van der Waals surface area contributed by atoms with Crippen LogP contribution in [0.15, 0.2) is 40.8 Å². The minimum atomic E-state index is 0.547. The molecule has 0 aliphatic carbocycles. The van der Waals surface area contributed by atoms with Gasteiger partial charge in [0.2, 0.25) is 0 Å². The summed E-state index contributed by atoms with van der Waals surface area (Å²) in [5, 5.41) is 3.25. The van der Waals surface area contributed by atoms with Gasteiger partial charge >= 0.3 is 0 Å². The Kier molecular flexibility index (Phi) is 6.31. The predicted molar refractivity (Wildman–Crippen MR) is 82.4 cm³/mol. The van der Waals surface area contributed by atoms with Crippen LogP contribution in [0, 0.1) is 6.92 Å². The number of para-hydroxylation sites is 1. The molecule has 1 aromatic carbocycles. The van der Waals surface area contributed by atoms with Crippen LogP contribution in [-0.2, 0) is 17.9 Å². The van der Waals surface area contributed by atoms with Crippen molar-refractivity contribution in [3.8, 4) is 5.75 Å². The molecule has 2 aromatic rings. The van der Waals surface area contributed by atoms with E-state index >= 15 is 0 Å². The lowest BCUT2D eigenvalue weighted by molar-refractivity contribution is 0.0882. The van der Waals surface area contributed by atoms with E-state index in [0.29, 0.717) is 19.8 Å². The summed E-state index contributed by atoms with van der Waals surface area (Å²) in [6, 6.07) is 11.8. The number of hydrogen-bond donors (Lipinski definition) is 1. The van der Waals surface area contributed by atoms with Crippen molar-refractivity contribution in [2.75, 3.05) is 19.8 Å². The summed E-state index contributed by atoms with van der Waals surface area (Å²) in [6.45, 7) is 7.39. The lowest BCUT2D eigenvalue weighted by atomic mass is 10.2. The van der Waals surface area contributed by atoms with Gasteiger partial charge in [-0.1, -0.05) is 25.1 Å². The zero-order chi connectivity index (χ0) is 14.9. The van der Waals surface area contributed by atoms with E-state index in [2.05, 4.69) is 18.3 Å². The molecule has 21 heavy (non-hydrogen) atoms. The van der Waals surface area contributed by atoms with Crippen molar-refractivity contribution in [3.63, 3.8) is 0 Å². The van der Waals surface area contributed by atoms with Crippen LogP contribution in [0.5, 0.6) is 5.75 Å². The molecule has 0 amide bonds.